The van der Waals surface area contributed by atoms with Crippen molar-refractivity contribution in [2.24, 2.45) is 0 Å². The molecule has 2 aromatic carbocycles. The van der Waals surface area contributed by atoms with Crippen LogP contribution in [0, 0.1) is 11.3 Å². The van der Waals surface area contributed by atoms with Gasteiger partial charge in [0.1, 0.15) is 5.58 Å². The van der Waals surface area contributed by atoms with Crippen LogP contribution in [0.1, 0.15) is 47.9 Å². The zero-order valence-corrected chi connectivity index (χ0v) is 16.8. The molecule has 0 aliphatic rings. The highest BCUT2D eigenvalue weighted by Gasteiger charge is 2.15. The summed E-state index contributed by atoms with van der Waals surface area (Å²) in [5, 5.41) is 11.8. The zero-order chi connectivity index (χ0) is 20.6. The minimum absolute atomic E-state index is 0.00618. The lowest BCUT2D eigenvalue weighted by molar-refractivity contribution is 0.0940. The van der Waals surface area contributed by atoms with E-state index < -0.39 is 11.9 Å². The van der Waals surface area contributed by atoms with E-state index >= 15 is 0 Å². The van der Waals surface area contributed by atoms with E-state index in [-0.39, 0.29) is 5.76 Å². The molecule has 1 aromatic heterocycles. The number of nitrogens with one attached hydrogen (secondary N) is 2. The second-order valence-corrected chi connectivity index (χ2v) is 7.44. The fourth-order valence-electron chi connectivity index (χ4n) is 2.82. The Morgan fingerprint density at radius 2 is 1.90 bits per heavy atom. The number of hydrogen-bond acceptors (Lipinski definition) is 5. The number of fused-ring (bicyclic) bond motifs is 1. The third-order valence-electron chi connectivity index (χ3n) is 4.35. The van der Waals surface area contributed by atoms with E-state index in [1.165, 1.54) is 30.9 Å². The van der Waals surface area contributed by atoms with Gasteiger partial charge in [-0.3, -0.25) is 14.8 Å². The van der Waals surface area contributed by atoms with Gasteiger partial charge in [0.15, 0.2) is 5.76 Å². The minimum atomic E-state index is -0.649. The molecule has 3 aromatic rings. The quantitative estimate of drug-likeness (QED) is 0.415. The number of nitriles is 1. The van der Waals surface area contributed by atoms with E-state index in [0.29, 0.717) is 16.5 Å². The predicted octanol–water partition coefficient (Wildman–Crippen LogP) is 5.18. The smallest absolute Gasteiger partial charge is 0.332 e. The fraction of sp³-hybridized carbons (Fsp3) is 0.227. The SMILES string of the molecule is CCCCCc1ccc(SNC(=O)NC(=O)c2cc3cc(C#N)ccc3o2)cc1. The van der Waals surface area contributed by atoms with Gasteiger partial charge in [-0.1, -0.05) is 31.9 Å². The molecule has 2 N–H and O–H groups in total. The van der Waals surface area contributed by atoms with Crippen molar-refractivity contribution >= 4 is 34.9 Å². The Kier molecular flexibility index (Phi) is 6.93. The highest BCUT2D eigenvalue weighted by molar-refractivity contribution is 7.98. The molecule has 6 nitrogen and oxygen atoms in total. The highest BCUT2D eigenvalue weighted by Crippen LogP contribution is 2.21. The van der Waals surface area contributed by atoms with Crippen LogP contribution in [0.15, 0.2) is 57.8 Å². The van der Waals surface area contributed by atoms with Crippen LogP contribution in [0.3, 0.4) is 0 Å². The summed E-state index contributed by atoms with van der Waals surface area (Å²) in [7, 11) is 0. The molecule has 0 saturated heterocycles. The van der Waals surface area contributed by atoms with Gasteiger partial charge in [0.2, 0.25) is 0 Å². The Morgan fingerprint density at radius 3 is 2.62 bits per heavy atom. The standard InChI is InChI=1S/C22H21N3O3S/c1-2-3-4-5-15-6-9-18(10-7-15)29-25-22(27)24-21(26)20-13-17-12-16(14-23)8-11-19(17)28-20/h6-13H,2-5H2,1H3,(H2,24,25,26,27). The summed E-state index contributed by atoms with van der Waals surface area (Å²) in [5.41, 5.74) is 2.21. The molecule has 0 spiro atoms. The molecule has 0 bridgehead atoms. The van der Waals surface area contributed by atoms with Crippen molar-refractivity contribution in [2.75, 3.05) is 0 Å². The maximum absolute atomic E-state index is 12.2. The van der Waals surface area contributed by atoms with Gasteiger partial charge >= 0.3 is 6.03 Å². The van der Waals surface area contributed by atoms with Crippen molar-refractivity contribution in [1.29, 1.82) is 5.26 Å². The second kappa shape index (κ2) is 9.80. The molecule has 3 rings (SSSR count). The number of aryl methyl sites for hydroxylation is 1. The Bertz CT molecular complexity index is 1050. The number of hydrogen-bond donors (Lipinski definition) is 2. The number of urea groups is 1. The van der Waals surface area contributed by atoms with Crippen molar-refractivity contribution in [3.8, 4) is 6.07 Å². The first-order chi connectivity index (χ1) is 14.1. The molecule has 1 heterocycles. The van der Waals surface area contributed by atoms with Gasteiger partial charge in [-0.2, -0.15) is 5.26 Å². The van der Waals surface area contributed by atoms with E-state index in [0.717, 1.165) is 23.3 Å². The molecule has 0 aliphatic heterocycles. The number of amides is 3. The molecule has 0 atom stereocenters. The lowest BCUT2D eigenvalue weighted by Crippen LogP contribution is -2.36. The lowest BCUT2D eigenvalue weighted by Gasteiger charge is -2.06. The highest BCUT2D eigenvalue weighted by atomic mass is 32.2. The van der Waals surface area contributed by atoms with E-state index in [1.807, 2.05) is 30.3 Å². The predicted molar refractivity (Wildman–Crippen MR) is 112 cm³/mol. The summed E-state index contributed by atoms with van der Waals surface area (Å²) in [6, 6.07) is 15.7. The Labute approximate surface area is 173 Å². The number of imide groups is 1. The van der Waals surface area contributed by atoms with Gasteiger partial charge in [-0.15, -0.1) is 0 Å². The summed E-state index contributed by atoms with van der Waals surface area (Å²) in [4.78, 5) is 25.1. The maximum Gasteiger partial charge on any atom is 0.332 e. The third kappa shape index (κ3) is 5.62. The van der Waals surface area contributed by atoms with Gasteiger partial charge in [0, 0.05) is 10.3 Å². The van der Waals surface area contributed by atoms with Crippen LogP contribution in [0.25, 0.3) is 11.0 Å². The molecule has 0 unspecified atom stereocenters. The average molecular weight is 407 g/mol. The summed E-state index contributed by atoms with van der Waals surface area (Å²) in [6.45, 7) is 2.18. The van der Waals surface area contributed by atoms with Gasteiger partial charge in [0.25, 0.3) is 5.91 Å². The van der Waals surface area contributed by atoms with Crippen molar-refractivity contribution in [3.05, 3.63) is 65.4 Å². The topological polar surface area (TPSA) is 95.1 Å². The van der Waals surface area contributed by atoms with Gasteiger partial charge < -0.3 is 4.42 Å². The molecule has 0 aliphatic carbocycles. The molecular formula is C22H21N3O3S. The molecule has 148 valence electrons. The molecule has 7 heteroatoms. The summed E-state index contributed by atoms with van der Waals surface area (Å²) >= 11 is 1.13. The molecule has 0 radical (unpaired) electrons. The number of rotatable bonds is 7. The van der Waals surface area contributed by atoms with Gasteiger partial charge in [-0.25, -0.2) is 4.79 Å². The van der Waals surface area contributed by atoms with Crippen LogP contribution in [-0.2, 0) is 6.42 Å². The van der Waals surface area contributed by atoms with Crippen LogP contribution in [-0.4, -0.2) is 11.9 Å². The maximum atomic E-state index is 12.2. The Morgan fingerprint density at radius 1 is 1.10 bits per heavy atom. The van der Waals surface area contributed by atoms with Crippen molar-refractivity contribution in [3.63, 3.8) is 0 Å². The summed E-state index contributed by atoms with van der Waals surface area (Å²) in [6.07, 6.45) is 4.64. The van der Waals surface area contributed by atoms with E-state index in [2.05, 4.69) is 17.0 Å². The molecule has 29 heavy (non-hydrogen) atoms. The van der Waals surface area contributed by atoms with E-state index in [9.17, 15) is 9.59 Å². The average Bonchev–Trinajstić information content (AvgIpc) is 3.17. The third-order valence-corrected chi connectivity index (χ3v) is 5.15. The van der Waals surface area contributed by atoms with Crippen molar-refractivity contribution in [1.82, 2.24) is 10.0 Å². The normalized spacial score (nSPS) is 10.5. The lowest BCUT2D eigenvalue weighted by atomic mass is 10.1. The van der Waals surface area contributed by atoms with Crippen LogP contribution < -0.4 is 10.0 Å². The zero-order valence-electron chi connectivity index (χ0n) is 16.0. The largest absolute Gasteiger partial charge is 0.451 e. The molecule has 0 fully saturated rings. The van der Waals surface area contributed by atoms with E-state index in [1.54, 1.807) is 18.2 Å². The number of nitrogens with zero attached hydrogens (tertiary/aromatic N) is 1. The molecular weight excluding hydrogens is 386 g/mol. The van der Waals surface area contributed by atoms with Gasteiger partial charge in [0.05, 0.1) is 11.6 Å². The monoisotopic (exact) mass is 407 g/mol. The van der Waals surface area contributed by atoms with Crippen LogP contribution >= 0.6 is 11.9 Å². The number of benzene rings is 2. The summed E-state index contributed by atoms with van der Waals surface area (Å²) in [5.74, 6) is -0.643. The second-order valence-electron chi connectivity index (χ2n) is 6.56. The molecule has 3 amide bonds. The molecule has 0 saturated carbocycles. The number of unbranched alkanes of at least 4 members (excludes halogenated alkanes) is 2. The Hall–Kier alpha value is -3.24. The number of furan rings is 1. The van der Waals surface area contributed by atoms with Crippen molar-refractivity contribution < 1.29 is 14.0 Å². The number of carbonyl (C=O) groups is 2. The van der Waals surface area contributed by atoms with Crippen molar-refractivity contribution in [2.45, 2.75) is 37.5 Å². The van der Waals surface area contributed by atoms with E-state index in [4.69, 9.17) is 9.68 Å². The first kappa shape index (κ1) is 20.5. The van der Waals surface area contributed by atoms with Crippen LogP contribution in [0.4, 0.5) is 4.79 Å². The summed E-state index contributed by atoms with van der Waals surface area (Å²) < 4.78 is 8.02. The van der Waals surface area contributed by atoms with Crippen LogP contribution in [0.2, 0.25) is 0 Å². The minimum Gasteiger partial charge on any atom is -0.451 e. The first-order valence-electron chi connectivity index (χ1n) is 9.40. The fourth-order valence-corrected chi connectivity index (χ4v) is 3.36. The van der Waals surface area contributed by atoms with Crippen LogP contribution in [0.5, 0.6) is 0 Å². The number of carbonyl (C=O) groups excluding carboxylic acids is 2. The van der Waals surface area contributed by atoms with Gasteiger partial charge in [-0.05, 0) is 66.8 Å². The Balaban J connectivity index is 1.51. The first-order valence-corrected chi connectivity index (χ1v) is 10.2.